The van der Waals surface area contributed by atoms with Gasteiger partial charge < -0.3 is 15.4 Å². The molecule has 2 amide bonds. The first-order chi connectivity index (χ1) is 20.8. The van der Waals surface area contributed by atoms with Crippen molar-refractivity contribution in [1.29, 1.82) is 0 Å². The van der Waals surface area contributed by atoms with Crippen molar-refractivity contribution < 1.29 is 14.3 Å². The number of benzene rings is 4. The average molecular weight is 610 g/mol. The molecule has 0 fully saturated rings. The number of hydrogen-bond donors (Lipinski definition) is 3. The van der Waals surface area contributed by atoms with E-state index in [1.165, 1.54) is 17.6 Å². The fourth-order valence-electron chi connectivity index (χ4n) is 4.03. The average Bonchev–Trinajstić information content (AvgIpc) is 3.48. The SMILES string of the molecule is Cc1ccc(C)c(NC(=O)COc2cccc(/C=N\NC(=O)c3ccc(-c4csc(Nc5ccc(Cl)cc5)n4)cc3)c2)c1. The Labute approximate surface area is 258 Å². The standard InChI is InChI=1S/C33H28ClN5O3S/c1-21-6-7-22(2)29(16-21)37-31(40)19-42-28-5-3-4-23(17-28)18-35-39-32(41)25-10-8-24(9-11-25)30-20-43-33(38-30)36-27-14-12-26(34)13-15-27/h3-18,20H,19H2,1-2H3,(H,36,38)(H,37,40)(H,39,41)/b35-18-. The van der Waals surface area contributed by atoms with E-state index in [2.05, 4.69) is 26.1 Å². The van der Waals surface area contributed by atoms with Crippen LogP contribution < -0.4 is 20.8 Å². The van der Waals surface area contributed by atoms with Gasteiger partial charge in [0.2, 0.25) is 0 Å². The molecule has 0 unspecified atom stereocenters. The number of carbonyl (C=O) groups is 2. The number of carbonyl (C=O) groups excluding carboxylic acids is 2. The van der Waals surface area contributed by atoms with Crippen molar-refractivity contribution in [1.82, 2.24) is 10.4 Å². The molecular weight excluding hydrogens is 582 g/mol. The third-order valence-corrected chi connectivity index (χ3v) is 7.33. The maximum Gasteiger partial charge on any atom is 0.271 e. The molecule has 5 aromatic rings. The molecule has 0 aliphatic heterocycles. The van der Waals surface area contributed by atoms with Gasteiger partial charge in [0, 0.05) is 32.9 Å². The third-order valence-electron chi connectivity index (χ3n) is 6.32. The van der Waals surface area contributed by atoms with Gasteiger partial charge in [-0.3, -0.25) is 9.59 Å². The summed E-state index contributed by atoms with van der Waals surface area (Å²) in [6.45, 7) is 3.77. The second-order valence-corrected chi connectivity index (χ2v) is 11.0. The van der Waals surface area contributed by atoms with Crippen molar-refractivity contribution in [2.45, 2.75) is 13.8 Å². The van der Waals surface area contributed by atoms with Crippen LogP contribution in [0.15, 0.2) is 101 Å². The van der Waals surface area contributed by atoms with Gasteiger partial charge in [-0.1, -0.05) is 48.0 Å². The van der Waals surface area contributed by atoms with Crippen molar-refractivity contribution >= 4 is 57.5 Å². The van der Waals surface area contributed by atoms with Crippen LogP contribution in [-0.2, 0) is 4.79 Å². The lowest BCUT2D eigenvalue weighted by atomic mass is 10.1. The number of nitrogens with zero attached hydrogens (tertiary/aromatic N) is 2. The van der Waals surface area contributed by atoms with E-state index in [0.29, 0.717) is 21.9 Å². The minimum Gasteiger partial charge on any atom is -0.484 e. The number of rotatable bonds is 10. The molecule has 1 heterocycles. The van der Waals surface area contributed by atoms with Gasteiger partial charge in [0.15, 0.2) is 11.7 Å². The molecule has 3 N–H and O–H groups in total. The maximum absolute atomic E-state index is 12.6. The second-order valence-electron chi connectivity index (χ2n) is 9.67. The summed E-state index contributed by atoms with van der Waals surface area (Å²) in [6, 6.07) is 27.5. The summed E-state index contributed by atoms with van der Waals surface area (Å²) < 4.78 is 5.66. The second kappa shape index (κ2) is 13.8. The van der Waals surface area contributed by atoms with Crippen molar-refractivity contribution in [3.05, 3.63) is 124 Å². The van der Waals surface area contributed by atoms with Crippen molar-refractivity contribution in [2.75, 3.05) is 17.2 Å². The van der Waals surface area contributed by atoms with E-state index in [9.17, 15) is 9.59 Å². The molecule has 0 bridgehead atoms. The molecule has 0 spiro atoms. The lowest BCUT2D eigenvalue weighted by Gasteiger charge is -2.10. The van der Waals surface area contributed by atoms with Crippen LogP contribution in [0.3, 0.4) is 0 Å². The highest BCUT2D eigenvalue weighted by atomic mass is 35.5. The van der Waals surface area contributed by atoms with E-state index in [-0.39, 0.29) is 18.4 Å². The van der Waals surface area contributed by atoms with Gasteiger partial charge in [-0.05, 0) is 85.1 Å². The first-order valence-corrected chi connectivity index (χ1v) is 14.6. The van der Waals surface area contributed by atoms with Crippen LogP contribution in [0.2, 0.25) is 5.02 Å². The van der Waals surface area contributed by atoms with E-state index in [0.717, 1.165) is 38.9 Å². The number of hydrogen-bond acceptors (Lipinski definition) is 7. The summed E-state index contributed by atoms with van der Waals surface area (Å²) in [5, 5.41) is 13.6. The Hall–Kier alpha value is -4.99. The number of aromatic nitrogens is 1. The smallest absolute Gasteiger partial charge is 0.271 e. The zero-order chi connectivity index (χ0) is 30.2. The molecule has 4 aromatic carbocycles. The molecule has 1 aromatic heterocycles. The third kappa shape index (κ3) is 8.28. The Bertz CT molecular complexity index is 1770. The molecule has 0 atom stereocenters. The molecule has 8 nitrogen and oxygen atoms in total. The molecular formula is C33H28ClN5O3S. The summed E-state index contributed by atoms with van der Waals surface area (Å²) in [5.74, 6) is -0.0897. The van der Waals surface area contributed by atoms with E-state index in [1.807, 2.05) is 79.9 Å². The number of nitrogens with one attached hydrogen (secondary N) is 3. The highest BCUT2D eigenvalue weighted by molar-refractivity contribution is 7.14. The first kappa shape index (κ1) is 29.5. The summed E-state index contributed by atoms with van der Waals surface area (Å²) in [4.78, 5) is 29.6. The lowest BCUT2D eigenvalue weighted by Crippen LogP contribution is -2.20. The number of anilines is 3. The monoisotopic (exact) mass is 609 g/mol. The van der Waals surface area contributed by atoms with E-state index < -0.39 is 0 Å². The molecule has 0 aliphatic carbocycles. The van der Waals surface area contributed by atoms with Gasteiger partial charge in [0.05, 0.1) is 11.9 Å². The molecule has 0 saturated heterocycles. The van der Waals surface area contributed by atoms with Gasteiger partial charge in [-0.15, -0.1) is 11.3 Å². The van der Waals surface area contributed by atoms with Gasteiger partial charge in [0.1, 0.15) is 5.75 Å². The Kier molecular flexibility index (Phi) is 9.46. The largest absolute Gasteiger partial charge is 0.484 e. The van der Waals surface area contributed by atoms with Crippen LogP contribution in [0.5, 0.6) is 5.75 Å². The number of ether oxygens (including phenoxy) is 1. The molecule has 10 heteroatoms. The van der Waals surface area contributed by atoms with Gasteiger partial charge in [-0.2, -0.15) is 5.10 Å². The zero-order valence-electron chi connectivity index (χ0n) is 23.4. The summed E-state index contributed by atoms with van der Waals surface area (Å²) in [7, 11) is 0. The van der Waals surface area contributed by atoms with Gasteiger partial charge in [-0.25, -0.2) is 10.4 Å². The topological polar surface area (TPSA) is 105 Å². The number of thiazole rings is 1. The van der Waals surface area contributed by atoms with Crippen molar-refractivity contribution in [3.63, 3.8) is 0 Å². The highest BCUT2D eigenvalue weighted by Gasteiger charge is 2.09. The molecule has 0 aliphatic rings. The molecule has 0 saturated carbocycles. The Morgan fingerprint density at radius 2 is 1.77 bits per heavy atom. The van der Waals surface area contributed by atoms with E-state index in [4.69, 9.17) is 16.3 Å². The van der Waals surface area contributed by atoms with Crippen LogP contribution in [0, 0.1) is 13.8 Å². The minimum atomic E-state index is -0.346. The van der Waals surface area contributed by atoms with Crippen LogP contribution >= 0.6 is 22.9 Å². The number of aryl methyl sites for hydroxylation is 2. The molecule has 0 radical (unpaired) electrons. The predicted octanol–water partition coefficient (Wildman–Crippen LogP) is 7.61. The fourth-order valence-corrected chi connectivity index (χ4v) is 4.90. The van der Waals surface area contributed by atoms with E-state index in [1.54, 1.807) is 30.3 Å². The van der Waals surface area contributed by atoms with Crippen LogP contribution in [0.4, 0.5) is 16.5 Å². The lowest BCUT2D eigenvalue weighted by molar-refractivity contribution is -0.118. The van der Waals surface area contributed by atoms with Gasteiger partial charge in [0.25, 0.3) is 11.8 Å². The molecule has 216 valence electrons. The zero-order valence-corrected chi connectivity index (χ0v) is 25.0. The normalized spacial score (nSPS) is 10.9. The van der Waals surface area contributed by atoms with Crippen molar-refractivity contribution in [3.8, 4) is 17.0 Å². The highest BCUT2D eigenvalue weighted by Crippen LogP contribution is 2.28. The maximum atomic E-state index is 12.6. The quantitative estimate of drug-likeness (QED) is 0.112. The van der Waals surface area contributed by atoms with E-state index >= 15 is 0 Å². The van der Waals surface area contributed by atoms with Crippen LogP contribution in [0.25, 0.3) is 11.3 Å². The van der Waals surface area contributed by atoms with Crippen molar-refractivity contribution in [2.24, 2.45) is 5.10 Å². The summed E-state index contributed by atoms with van der Waals surface area (Å²) in [6.07, 6.45) is 1.51. The fraction of sp³-hybridized carbons (Fsp3) is 0.0909. The number of hydrazone groups is 1. The predicted molar refractivity (Wildman–Crippen MR) is 174 cm³/mol. The number of amides is 2. The van der Waals surface area contributed by atoms with Crippen LogP contribution in [-0.4, -0.2) is 29.6 Å². The number of halogens is 1. The Morgan fingerprint density at radius 3 is 2.56 bits per heavy atom. The summed E-state index contributed by atoms with van der Waals surface area (Å²) >= 11 is 7.44. The molecule has 5 rings (SSSR count). The van der Waals surface area contributed by atoms with Gasteiger partial charge >= 0.3 is 0 Å². The van der Waals surface area contributed by atoms with Crippen LogP contribution in [0.1, 0.15) is 27.0 Å². The molecule has 43 heavy (non-hydrogen) atoms. The summed E-state index contributed by atoms with van der Waals surface area (Å²) in [5.41, 5.74) is 9.10. The Morgan fingerprint density at radius 1 is 0.977 bits per heavy atom. The Balaban J connectivity index is 1.11. The first-order valence-electron chi connectivity index (χ1n) is 13.3. The minimum absolute atomic E-state index is 0.137.